The Kier molecular flexibility index (Phi) is 6.34. The molecule has 158 valence electrons. The normalized spacial score (nSPS) is 28.6. The third-order valence-electron chi connectivity index (χ3n) is 8.10. The van der Waals surface area contributed by atoms with Gasteiger partial charge >= 0.3 is 0 Å². The molecule has 1 aromatic rings. The molecule has 3 heteroatoms. The maximum atomic E-state index is 5.66. The van der Waals surface area contributed by atoms with Crippen LogP contribution in [-0.2, 0) is 5.41 Å². The fourth-order valence-corrected chi connectivity index (χ4v) is 5.52. The molecule has 2 unspecified atom stereocenters. The van der Waals surface area contributed by atoms with E-state index in [0.717, 1.165) is 30.7 Å². The molecule has 1 aliphatic carbocycles. The molecular formula is C25H42N2O. The summed E-state index contributed by atoms with van der Waals surface area (Å²) >= 11 is 0. The van der Waals surface area contributed by atoms with Crippen molar-refractivity contribution < 1.29 is 4.74 Å². The second-order valence-corrected chi connectivity index (χ2v) is 10.4. The Morgan fingerprint density at radius 3 is 2.39 bits per heavy atom. The van der Waals surface area contributed by atoms with Crippen molar-refractivity contribution in [3.63, 3.8) is 0 Å². The third-order valence-corrected chi connectivity index (χ3v) is 8.10. The lowest BCUT2D eigenvalue weighted by Crippen LogP contribution is -2.50. The first-order valence-corrected chi connectivity index (χ1v) is 11.3. The van der Waals surface area contributed by atoms with Crippen LogP contribution in [0.1, 0.15) is 66.4 Å². The molecular weight excluding hydrogens is 344 g/mol. The highest BCUT2D eigenvalue weighted by atomic mass is 16.5. The monoisotopic (exact) mass is 386 g/mol. The first kappa shape index (κ1) is 21.5. The molecule has 0 N–H and O–H groups in total. The lowest BCUT2D eigenvalue weighted by Gasteiger charge is -2.53. The number of rotatable bonds is 5. The maximum absolute atomic E-state index is 5.66. The summed E-state index contributed by atoms with van der Waals surface area (Å²) in [5, 5.41) is 0. The number of ether oxygens (including phenoxy) is 1. The number of methoxy groups -OCH3 is 1. The number of piperazine rings is 1. The fourth-order valence-electron chi connectivity index (χ4n) is 5.52. The molecule has 3 nitrogen and oxygen atoms in total. The minimum atomic E-state index is 0.170. The molecule has 1 aromatic carbocycles. The van der Waals surface area contributed by atoms with Crippen LogP contribution in [0.15, 0.2) is 18.2 Å². The van der Waals surface area contributed by atoms with Crippen molar-refractivity contribution in [2.75, 3.05) is 44.7 Å². The number of benzene rings is 1. The van der Waals surface area contributed by atoms with Gasteiger partial charge in [-0.3, -0.25) is 4.90 Å². The molecule has 2 fully saturated rings. The predicted molar refractivity (Wildman–Crippen MR) is 121 cm³/mol. The Hall–Kier alpha value is -1.22. The van der Waals surface area contributed by atoms with Gasteiger partial charge in [0, 0.05) is 43.8 Å². The lowest BCUT2D eigenvalue weighted by molar-refractivity contribution is 0.0477. The van der Waals surface area contributed by atoms with Gasteiger partial charge in [0.05, 0.1) is 7.11 Å². The quantitative estimate of drug-likeness (QED) is 0.657. The van der Waals surface area contributed by atoms with Crippen LogP contribution >= 0.6 is 0 Å². The van der Waals surface area contributed by atoms with Gasteiger partial charge in [0.15, 0.2) is 0 Å². The molecule has 28 heavy (non-hydrogen) atoms. The fraction of sp³-hybridized carbons (Fsp3) is 0.760. The van der Waals surface area contributed by atoms with Crippen molar-refractivity contribution in [1.29, 1.82) is 0 Å². The molecule has 0 spiro atoms. The zero-order valence-electron chi connectivity index (χ0n) is 19.3. The average molecular weight is 387 g/mol. The topological polar surface area (TPSA) is 15.7 Å². The van der Waals surface area contributed by atoms with Gasteiger partial charge in [0.2, 0.25) is 0 Å². The summed E-state index contributed by atoms with van der Waals surface area (Å²) in [6, 6.07) is 6.82. The van der Waals surface area contributed by atoms with E-state index in [1.54, 1.807) is 7.11 Å². The van der Waals surface area contributed by atoms with Gasteiger partial charge in [-0.1, -0.05) is 54.4 Å². The van der Waals surface area contributed by atoms with Gasteiger partial charge in [-0.05, 0) is 47.4 Å². The Labute approximate surface area is 173 Å². The summed E-state index contributed by atoms with van der Waals surface area (Å²) in [7, 11) is 1.79. The first-order chi connectivity index (χ1) is 13.2. The smallest absolute Gasteiger partial charge is 0.119 e. The number of anilines is 1. The SMILES string of the molecule is COc1ccc(N2CCN(CC(C)C)CC2)c(C2(C)CCCC(C)C2(C)C)c1. The minimum absolute atomic E-state index is 0.170. The molecule has 0 bridgehead atoms. The number of hydrogen-bond donors (Lipinski definition) is 0. The molecule has 0 amide bonds. The number of hydrogen-bond acceptors (Lipinski definition) is 3. The van der Waals surface area contributed by atoms with Crippen molar-refractivity contribution in [2.45, 2.75) is 66.2 Å². The van der Waals surface area contributed by atoms with Gasteiger partial charge in [-0.25, -0.2) is 0 Å². The Morgan fingerprint density at radius 1 is 1.11 bits per heavy atom. The highest BCUT2D eigenvalue weighted by Gasteiger charge is 2.49. The van der Waals surface area contributed by atoms with Crippen LogP contribution in [0.4, 0.5) is 5.69 Å². The molecule has 1 heterocycles. The van der Waals surface area contributed by atoms with Crippen LogP contribution in [0.3, 0.4) is 0 Å². The summed E-state index contributed by atoms with van der Waals surface area (Å²) < 4.78 is 5.66. The maximum Gasteiger partial charge on any atom is 0.119 e. The van der Waals surface area contributed by atoms with Crippen molar-refractivity contribution in [1.82, 2.24) is 4.90 Å². The van der Waals surface area contributed by atoms with Gasteiger partial charge in [-0.2, -0.15) is 0 Å². The van der Waals surface area contributed by atoms with E-state index in [9.17, 15) is 0 Å². The van der Waals surface area contributed by atoms with Crippen molar-refractivity contribution in [3.05, 3.63) is 23.8 Å². The van der Waals surface area contributed by atoms with E-state index in [4.69, 9.17) is 4.74 Å². The second kappa shape index (κ2) is 8.26. The van der Waals surface area contributed by atoms with E-state index in [-0.39, 0.29) is 10.8 Å². The zero-order chi connectivity index (χ0) is 20.5. The van der Waals surface area contributed by atoms with E-state index in [1.807, 2.05) is 0 Å². The predicted octanol–water partition coefficient (Wildman–Crippen LogP) is 5.58. The van der Waals surface area contributed by atoms with Crippen LogP contribution in [0, 0.1) is 17.3 Å². The van der Waals surface area contributed by atoms with Gasteiger partial charge in [0.1, 0.15) is 5.75 Å². The number of nitrogens with zero attached hydrogens (tertiary/aromatic N) is 2. The molecule has 0 radical (unpaired) electrons. The Bertz CT molecular complexity index is 661. The van der Waals surface area contributed by atoms with E-state index in [0.29, 0.717) is 0 Å². The van der Waals surface area contributed by atoms with Gasteiger partial charge < -0.3 is 9.64 Å². The summed E-state index contributed by atoms with van der Waals surface area (Å²) in [4.78, 5) is 5.25. The van der Waals surface area contributed by atoms with E-state index < -0.39 is 0 Å². The van der Waals surface area contributed by atoms with E-state index >= 15 is 0 Å². The molecule has 2 aliphatic rings. The van der Waals surface area contributed by atoms with Crippen molar-refractivity contribution in [2.24, 2.45) is 17.3 Å². The lowest BCUT2D eigenvalue weighted by atomic mass is 9.52. The van der Waals surface area contributed by atoms with Crippen molar-refractivity contribution >= 4 is 5.69 Å². The largest absolute Gasteiger partial charge is 0.497 e. The standard InChI is InChI=1S/C25H42N2O/c1-19(2)18-26-13-15-27(16-14-26)23-11-10-21(28-7)17-22(23)25(6)12-8-9-20(3)24(25,4)5/h10-11,17,19-20H,8-9,12-16,18H2,1-7H3. The average Bonchev–Trinajstić information content (AvgIpc) is 2.66. The van der Waals surface area contributed by atoms with Crippen LogP contribution in [0.2, 0.25) is 0 Å². The highest BCUT2D eigenvalue weighted by Crippen LogP contribution is 2.56. The minimum Gasteiger partial charge on any atom is -0.497 e. The van der Waals surface area contributed by atoms with Gasteiger partial charge in [0.25, 0.3) is 0 Å². The second-order valence-electron chi connectivity index (χ2n) is 10.4. The molecule has 0 aromatic heterocycles. The van der Waals surface area contributed by atoms with Crippen LogP contribution < -0.4 is 9.64 Å². The highest BCUT2D eigenvalue weighted by molar-refractivity contribution is 5.60. The van der Waals surface area contributed by atoms with Crippen molar-refractivity contribution in [3.8, 4) is 5.75 Å². The van der Waals surface area contributed by atoms with Crippen LogP contribution in [0.25, 0.3) is 0 Å². The van der Waals surface area contributed by atoms with Crippen LogP contribution in [-0.4, -0.2) is 44.7 Å². The molecule has 1 aliphatic heterocycles. The van der Waals surface area contributed by atoms with E-state index in [1.165, 1.54) is 50.1 Å². The van der Waals surface area contributed by atoms with Gasteiger partial charge in [-0.15, -0.1) is 0 Å². The zero-order valence-corrected chi connectivity index (χ0v) is 19.3. The summed E-state index contributed by atoms with van der Waals surface area (Å²) in [6.07, 6.45) is 3.92. The Morgan fingerprint density at radius 2 is 1.79 bits per heavy atom. The first-order valence-electron chi connectivity index (χ1n) is 11.3. The molecule has 3 rings (SSSR count). The third kappa shape index (κ3) is 3.92. The molecule has 1 saturated heterocycles. The summed E-state index contributed by atoms with van der Waals surface area (Å²) in [5.41, 5.74) is 3.38. The van der Waals surface area contributed by atoms with E-state index in [2.05, 4.69) is 69.5 Å². The molecule has 2 atom stereocenters. The van der Waals surface area contributed by atoms with Crippen LogP contribution in [0.5, 0.6) is 5.75 Å². The summed E-state index contributed by atoms with van der Waals surface area (Å²) in [6.45, 7) is 20.4. The molecule has 1 saturated carbocycles. The summed E-state index contributed by atoms with van der Waals surface area (Å²) in [5.74, 6) is 2.46. The Balaban J connectivity index is 1.93.